The Bertz CT molecular complexity index is 516. The zero-order valence-electron chi connectivity index (χ0n) is 13.9. The molecule has 0 radical (unpaired) electrons. The summed E-state index contributed by atoms with van der Waals surface area (Å²) in [6.45, 7) is 7.23. The topological polar surface area (TPSA) is 32.3 Å². The van der Waals surface area contributed by atoms with E-state index in [1.165, 1.54) is 31.7 Å². The highest BCUT2D eigenvalue weighted by atomic mass is 19.1. The van der Waals surface area contributed by atoms with Crippen LogP contribution in [0.5, 0.6) is 0 Å². The fraction of sp³-hybridized carbons (Fsp3) is 0.611. The molecule has 1 aromatic carbocycles. The van der Waals surface area contributed by atoms with Crippen molar-refractivity contribution in [3.63, 3.8) is 0 Å². The van der Waals surface area contributed by atoms with E-state index in [1.54, 1.807) is 19.2 Å². The molecule has 0 unspecified atom stereocenters. The number of benzene rings is 1. The molecule has 1 aliphatic rings. The lowest BCUT2D eigenvalue weighted by Gasteiger charge is -2.41. The van der Waals surface area contributed by atoms with E-state index >= 15 is 0 Å². The molecule has 22 heavy (non-hydrogen) atoms. The third-order valence-electron chi connectivity index (χ3n) is 5.35. The van der Waals surface area contributed by atoms with Gasteiger partial charge >= 0.3 is 0 Å². The number of amides is 1. The number of hydrogen-bond acceptors (Lipinski definition) is 2. The van der Waals surface area contributed by atoms with Crippen molar-refractivity contribution in [2.75, 3.05) is 20.1 Å². The molecule has 4 heteroatoms. The van der Waals surface area contributed by atoms with Gasteiger partial charge in [0.15, 0.2) is 0 Å². The van der Waals surface area contributed by atoms with E-state index in [4.69, 9.17) is 0 Å². The van der Waals surface area contributed by atoms with Crippen LogP contribution in [0.3, 0.4) is 0 Å². The number of halogens is 1. The molecule has 1 saturated heterocycles. The molecule has 1 heterocycles. The van der Waals surface area contributed by atoms with Gasteiger partial charge in [-0.3, -0.25) is 9.69 Å². The molecular weight excluding hydrogens is 279 g/mol. The van der Waals surface area contributed by atoms with E-state index in [0.29, 0.717) is 23.1 Å². The third-order valence-corrected chi connectivity index (χ3v) is 5.35. The summed E-state index contributed by atoms with van der Waals surface area (Å²) < 4.78 is 14.2. The molecule has 1 aliphatic heterocycles. The van der Waals surface area contributed by atoms with Crippen LogP contribution in [0, 0.1) is 11.2 Å². The van der Waals surface area contributed by atoms with Crippen molar-refractivity contribution in [1.29, 1.82) is 0 Å². The van der Waals surface area contributed by atoms with Crippen LogP contribution >= 0.6 is 0 Å². The Hall–Kier alpha value is -1.42. The number of nitrogens with zero attached hydrogens (tertiary/aromatic N) is 1. The van der Waals surface area contributed by atoms with Crippen LogP contribution in [0.4, 0.5) is 4.39 Å². The molecule has 0 spiro atoms. The van der Waals surface area contributed by atoms with E-state index in [1.807, 2.05) is 0 Å². The minimum Gasteiger partial charge on any atom is -0.355 e. The molecule has 2 rings (SSSR count). The Morgan fingerprint density at radius 3 is 2.41 bits per heavy atom. The maximum Gasteiger partial charge on any atom is 0.251 e. The molecule has 0 saturated carbocycles. The Labute approximate surface area is 132 Å². The second-order valence-electron chi connectivity index (χ2n) is 6.37. The predicted molar refractivity (Wildman–Crippen MR) is 87.3 cm³/mol. The average molecular weight is 306 g/mol. The lowest BCUT2D eigenvalue weighted by Crippen LogP contribution is -2.39. The van der Waals surface area contributed by atoms with Crippen molar-refractivity contribution in [3.05, 3.63) is 35.1 Å². The SMILES string of the molecule is CCC1(CC)CCN(Cc2ccc(C(=O)NC)cc2F)CC1. The van der Waals surface area contributed by atoms with Gasteiger partial charge in [0.2, 0.25) is 0 Å². The maximum absolute atomic E-state index is 14.2. The number of carbonyl (C=O) groups is 1. The highest BCUT2D eigenvalue weighted by Gasteiger charge is 2.31. The first kappa shape index (κ1) is 16.9. The summed E-state index contributed by atoms with van der Waals surface area (Å²) >= 11 is 0. The zero-order chi connectivity index (χ0) is 16.2. The molecule has 0 aliphatic carbocycles. The van der Waals surface area contributed by atoms with Crippen LogP contribution in [0.1, 0.15) is 55.5 Å². The minimum absolute atomic E-state index is 0.251. The van der Waals surface area contributed by atoms with Crippen molar-refractivity contribution in [1.82, 2.24) is 10.2 Å². The van der Waals surface area contributed by atoms with Crippen LogP contribution in [0.15, 0.2) is 18.2 Å². The van der Waals surface area contributed by atoms with Crippen LogP contribution in [-0.4, -0.2) is 30.9 Å². The van der Waals surface area contributed by atoms with Crippen LogP contribution in [-0.2, 0) is 6.54 Å². The second-order valence-corrected chi connectivity index (χ2v) is 6.37. The summed E-state index contributed by atoms with van der Waals surface area (Å²) in [5.41, 5.74) is 1.53. The second kappa shape index (κ2) is 7.23. The number of rotatable bonds is 5. The van der Waals surface area contributed by atoms with Gasteiger partial charge in [0.05, 0.1) is 0 Å². The fourth-order valence-corrected chi connectivity index (χ4v) is 3.34. The molecule has 1 N–H and O–H groups in total. The van der Waals surface area contributed by atoms with Crippen molar-refractivity contribution in [3.8, 4) is 0 Å². The number of likely N-dealkylation sites (tertiary alicyclic amines) is 1. The highest BCUT2D eigenvalue weighted by molar-refractivity contribution is 5.93. The summed E-state index contributed by atoms with van der Waals surface area (Å²) in [6.07, 6.45) is 4.84. The largest absolute Gasteiger partial charge is 0.355 e. The van der Waals surface area contributed by atoms with Gasteiger partial charge in [0, 0.05) is 24.7 Å². The Kier molecular flexibility index (Phi) is 5.57. The fourth-order valence-electron chi connectivity index (χ4n) is 3.34. The van der Waals surface area contributed by atoms with E-state index in [-0.39, 0.29) is 11.7 Å². The van der Waals surface area contributed by atoms with Crippen molar-refractivity contribution >= 4 is 5.91 Å². The van der Waals surface area contributed by atoms with Gasteiger partial charge in [-0.2, -0.15) is 0 Å². The van der Waals surface area contributed by atoms with Gasteiger partial charge in [0.25, 0.3) is 5.91 Å². The standard InChI is InChI=1S/C18H27FN2O/c1-4-18(5-2)8-10-21(11-9-18)13-15-7-6-14(12-16(15)19)17(22)20-3/h6-7,12H,4-5,8-11,13H2,1-3H3,(H,20,22). The van der Waals surface area contributed by atoms with Crippen molar-refractivity contribution in [2.24, 2.45) is 5.41 Å². The van der Waals surface area contributed by atoms with Gasteiger partial charge < -0.3 is 5.32 Å². The first-order valence-electron chi connectivity index (χ1n) is 8.26. The first-order valence-corrected chi connectivity index (χ1v) is 8.26. The average Bonchev–Trinajstić information content (AvgIpc) is 2.57. The van der Waals surface area contributed by atoms with E-state index in [9.17, 15) is 9.18 Å². The number of carbonyl (C=O) groups excluding carboxylic acids is 1. The van der Waals surface area contributed by atoms with Crippen molar-refractivity contribution in [2.45, 2.75) is 46.1 Å². The summed E-state index contributed by atoms with van der Waals surface area (Å²) in [5, 5.41) is 2.52. The molecule has 3 nitrogen and oxygen atoms in total. The highest BCUT2D eigenvalue weighted by Crippen LogP contribution is 2.38. The van der Waals surface area contributed by atoms with Crippen LogP contribution in [0.25, 0.3) is 0 Å². The quantitative estimate of drug-likeness (QED) is 0.901. The van der Waals surface area contributed by atoms with Gasteiger partial charge in [-0.1, -0.05) is 32.8 Å². The normalized spacial score (nSPS) is 18.2. The Morgan fingerprint density at radius 2 is 1.91 bits per heavy atom. The summed E-state index contributed by atoms with van der Waals surface area (Å²) in [7, 11) is 1.55. The number of nitrogens with one attached hydrogen (secondary N) is 1. The smallest absolute Gasteiger partial charge is 0.251 e. The monoisotopic (exact) mass is 306 g/mol. The maximum atomic E-state index is 14.2. The van der Waals surface area contributed by atoms with Crippen LogP contribution < -0.4 is 5.32 Å². The lowest BCUT2D eigenvalue weighted by molar-refractivity contribution is 0.0901. The molecule has 0 atom stereocenters. The third kappa shape index (κ3) is 3.67. The van der Waals surface area contributed by atoms with Crippen LogP contribution in [0.2, 0.25) is 0 Å². The van der Waals surface area contributed by atoms with Gasteiger partial charge in [0.1, 0.15) is 5.82 Å². The molecule has 0 aromatic heterocycles. The van der Waals surface area contributed by atoms with Gasteiger partial charge in [-0.15, -0.1) is 0 Å². The summed E-state index contributed by atoms with van der Waals surface area (Å²) in [5.74, 6) is -0.539. The summed E-state index contributed by atoms with van der Waals surface area (Å²) in [4.78, 5) is 13.8. The number of hydrogen-bond donors (Lipinski definition) is 1. The van der Waals surface area contributed by atoms with E-state index in [2.05, 4.69) is 24.1 Å². The molecule has 1 amide bonds. The Morgan fingerprint density at radius 1 is 1.27 bits per heavy atom. The molecular formula is C18H27FN2O. The van der Waals surface area contributed by atoms with E-state index in [0.717, 1.165) is 13.1 Å². The lowest BCUT2D eigenvalue weighted by atomic mass is 9.74. The molecule has 1 fully saturated rings. The van der Waals surface area contributed by atoms with E-state index < -0.39 is 0 Å². The minimum atomic E-state index is -0.288. The Balaban J connectivity index is 1.99. The predicted octanol–water partition coefficient (Wildman–Crippen LogP) is 3.59. The van der Waals surface area contributed by atoms with Gasteiger partial charge in [-0.25, -0.2) is 4.39 Å². The zero-order valence-corrected chi connectivity index (χ0v) is 13.9. The summed E-state index contributed by atoms with van der Waals surface area (Å²) in [6, 6.07) is 4.77. The molecule has 1 aromatic rings. The molecule has 122 valence electrons. The number of piperidine rings is 1. The van der Waals surface area contributed by atoms with Crippen molar-refractivity contribution < 1.29 is 9.18 Å². The molecule has 0 bridgehead atoms. The van der Waals surface area contributed by atoms with Gasteiger partial charge in [-0.05, 0) is 43.5 Å². The first-order chi connectivity index (χ1) is 10.5.